The lowest BCUT2D eigenvalue weighted by atomic mass is 10.1. The second-order valence-corrected chi connectivity index (χ2v) is 4.62. The number of likely N-dealkylation sites (tertiary alicyclic amines) is 1. The van der Waals surface area contributed by atoms with E-state index in [1.54, 1.807) is 0 Å². The quantitative estimate of drug-likeness (QED) is 0.658. The Balaban J connectivity index is 1.92. The average Bonchev–Trinajstić information content (AvgIpc) is 2.25. The Morgan fingerprint density at radius 3 is 2.57 bits per heavy atom. The first kappa shape index (κ1) is 12.0. The van der Waals surface area contributed by atoms with Gasteiger partial charge in [-0.15, -0.1) is 0 Å². The fourth-order valence-electron chi connectivity index (χ4n) is 1.91. The van der Waals surface area contributed by atoms with Crippen molar-refractivity contribution in [2.75, 3.05) is 32.7 Å². The summed E-state index contributed by atoms with van der Waals surface area (Å²) in [6.07, 6.45) is 5.55. The van der Waals surface area contributed by atoms with Crippen molar-refractivity contribution in [2.45, 2.75) is 39.5 Å². The van der Waals surface area contributed by atoms with Gasteiger partial charge in [-0.3, -0.25) is 0 Å². The van der Waals surface area contributed by atoms with Gasteiger partial charge in [-0.25, -0.2) is 0 Å². The summed E-state index contributed by atoms with van der Waals surface area (Å²) in [4.78, 5) is 2.59. The molecule has 0 radical (unpaired) electrons. The van der Waals surface area contributed by atoms with Crippen LogP contribution in [0.15, 0.2) is 0 Å². The van der Waals surface area contributed by atoms with Gasteiger partial charge >= 0.3 is 0 Å². The molecule has 1 fully saturated rings. The van der Waals surface area contributed by atoms with Gasteiger partial charge in [0.1, 0.15) is 0 Å². The molecule has 1 heterocycles. The van der Waals surface area contributed by atoms with Gasteiger partial charge in [0.2, 0.25) is 0 Å². The van der Waals surface area contributed by atoms with E-state index in [9.17, 15) is 0 Å². The zero-order chi connectivity index (χ0) is 10.2. The van der Waals surface area contributed by atoms with Crippen molar-refractivity contribution >= 4 is 0 Å². The number of hydrogen-bond donors (Lipinski definition) is 1. The summed E-state index contributed by atoms with van der Waals surface area (Å²) in [5.74, 6) is 0.830. The maximum atomic E-state index is 3.54. The predicted octanol–water partition coefficient (Wildman–Crippen LogP) is 2.11. The van der Waals surface area contributed by atoms with Crippen LogP contribution < -0.4 is 5.32 Å². The fraction of sp³-hybridized carbons (Fsp3) is 1.00. The average molecular weight is 198 g/mol. The Morgan fingerprint density at radius 2 is 1.93 bits per heavy atom. The Kier molecular flexibility index (Phi) is 6.20. The molecule has 1 aliphatic heterocycles. The molecule has 14 heavy (non-hydrogen) atoms. The van der Waals surface area contributed by atoms with E-state index in [1.807, 2.05) is 0 Å². The van der Waals surface area contributed by atoms with E-state index < -0.39 is 0 Å². The molecule has 0 aromatic heterocycles. The molecular formula is C12H26N2. The van der Waals surface area contributed by atoms with Crippen LogP contribution in [0.2, 0.25) is 0 Å². The molecule has 0 aliphatic carbocycles. The highest BCUT2D eigenvalue weighted by molar-refractivity contribution is 4.65. The second kappa shape index (κ2) is 7.24. The smallest absolute Gasteiger partial charge is 0.0107 e. The summed E-state index contributed by atoms with van der Waals surface area (Å²) in [6, 6.07) is 0. The third-order valence-electron chi connectivity index (χ3n) is 3.24. The first-order valence-corrected chi connectivity index (χ1v) is 6.26. The van der Waals surface area contributed by atoms with Crippen molar-refractivity contribution in [1.29, 1.82) is 0 Å². The highest BCUT2D eigenvalue weighted by Crippen LogP contribution is 2.07. The molecule has 1 rings (SSSR count). The Hall–Kier alpha value is -0.0800. The van der Waals surface area contributed by atoms with Gasteiger partial charge in [-0.05, 0) is 38.4 Å². The van der Waals surface area contributed by atoms with Crippen LogP contribution >= 0.6 is 0 Å². The lowest BCUT2D eigenvalue weighted by Gasteiger charge is -2.26. The predicted molar refractivity (Wildman–Crippen MR) is 62.6 cm³/mol. The van der Waals surface area contributed by atoms with Crippen LogP contribution in [-0.2, 0) is 0 Å². The van der Waals surface area contributed by atoms with Gasteiger partial charge in [0, 0.05) is 13.1 Å². The van der Waals surface area contributed by atoms with Gasteiger partial charge in [0.15, 0.2) is 0 Å². The van der Waals surface area contributed by atoms with Crippen LogP contribution in [0.25, 0.3) is 0 Å². The van der Waals surface area contributed by atoms with E-state index in [2.05, 4.69) is 24.1 Å². The van der Waals surface area contributed by atoms with Gasteiger partial charge in [0.25, 0.3) is 0 Å². The minimum Gasteiger partial charge on any atom is -0.315 e. The molecule has 2 heteroatoms. The number of rotatable bonds is 6. The van der Waals surface area contributed by atoms with Crippen LogP contribution in [0.5, 0.6) is 0 Å². The van der Waals surface area contributed by atoms with Gasteiger partial charge in [-0.1, -0.05) is 26.7 Å². The molecule has 0 bridgehead atoms. The van der Waals surface area contributed by atoms with E-state index in [4.69, 9.17) is 0 Å². The van der Waals surface area contributed by atoms with Crippen LogP contribution in [0.4, 0.5) is 0 Å². The van der Waals surface area contributed by atoms with E-state index in [0.717, 1.165) is 5.92 Å². The molecular weight excluding hydrogens is 172 g/mol. The van der Waals surface area contributed by atoms with Crippen LogP contribution in [0, 0.1) is 5.92 Å². The standard InChI is InChI=1S/C12H26N2/c1-3-12(2)11-13-7-10-14-8-5-4-6-9-14/h12-13H,3-11H2,1-2H3/t12-/m1/s1. The fourth-order valence-corrected chi connectivity index (χ4v) is 1.91. The van der Waals surface area contributed by atoms with Crippen LogP contribution in [0.3, 0.4) is 0 Å². The molecule has 0 amide bonds. The van der Waals surface area contributed by atoms with Gasteiger partial charge < -0.3 is 10.2 Å². The monoisotopic (exact) mass is 198 g/mol. The van der Waals surface area contributed by atoms with E-state index in [1.165, 1.54) is 58.4 Å². The number of piperidine rings is 1. The van der Waals surface area contributed by atoms with E-state index >= 15 is 0 Å². The molecule has 84 valence electrons. The number of nitrogens with zero attached hydrogens (tertiary/aromatic N) is 1. The van der Waals surface area contributed by atoms with Gasteiger partial charge in [-0.2, -0.15) is 0 Å². The summed E-state index contributed by atoms with van der Waals surface area (Å²) in [7, 11) is 0. The zero-order valence-electron chi connectivity index (χ0n) is 9.89. The van der Waals surface area contributed by atoms with E-state index in [-0.39, 0.29) is 0 Å². The molecule has 1 aliphatic rings. The largest absolute Gasteiger partial charge is 0.315 e. The summed E-state index contributed by atoms with van der Waals surface area (Å²) in [5, 5.41) is 3.54. The first-order valence-electron chi connectivity index (χ1n) is 6.26. The lowest BCUT2D eigenvalue weighted by Crippen LogP contribution is -2.36. The maximum absolute atomic E-state index is 3.54. The minimum absolute atomic E-state index is 0.830. The summed E-state index contributed by atoms with van der Waals surface area (Å²) in [6.45, 7) is 10.8. The van der Waals surface area contributed by atoms with Crippen molar-refractivity contribution in [2.24, 2.45) is 5.92 Å². The molecule has 1 atom stereocenters. The van der Waals surface area contributed by atoms with Crippen molar-refractivity contribution < 1.29 is 0 Å². The van der Waals surface area contributed by atoms with Crippen LogP contribution in [0.1, 0.15) is 39.5 Å². The normalized spacial score (nSPS) is 21.0. The lowest BCUT2D eigenvalue weighted by molar-refractivity contribution is 0.228. The summed E-state index contributed by atoms with van der Waals surface area (Å²) < 4.78 is 0. The summed E-state index contributed by atoms with van der Waals surface area (Å²) >= 11 is 0. The molecule has 1 saturated heterocycles. The van der Waals surface area contributed by atoms with Crippen molar-refractivity contribution in [3.8, 4) is 0 Å². The molecule has 1 N–H and O–H groups in total. The molecule has 0 saturated carbocycles. The SMILES string of the molecule is CC[C@@H](C)CNCCN1CCCCC1. The third kappa shape index (κ3) is 4.97. The Bertz CT molecular complexity index is 130. The minimum atomic E-state index is 0.830. The Morgan fingerprint density at radius 1 is 1.21 bits per heavy atom. The summed E-state index contributed by atoms with van der Waals surface area (Å²) in [5.41, 5.74) is 0. The molecule has 0 aromatic rings. The van der Waals surface area contributed by atoms with Crippen molar-refractivity contribution in [3.05, 3.63) is 0 Å². The number of hydrogen-bond acceptors (Lipinski definition) is 2. The third-order valence-corrected chi connectivity index (χ3v) is 3.24. The molecule has 0 aromatic carbocycles. The Labute approximate surface area is 89.1 Å². The van der Waals surface area contributed by atoms with Gasteiger partial charge in [0.05, 0.1) is 0 Å². The highest BCUT2D eigenvalue weighted by Gasteiger charge is 2.08. The number of nitrogens with one attached hydrogen (secondary N) is 1. The van der Waals surface area contributed by atoms with Crippen molar-refractivity contribution in [1.82, 2.24) is 10.2 Å². The zero-order valence-corrected chi connectivity index (χ0v) is 9.89. The second-order valence-electron chi connectivity index (χ2n) is 4.62. The molecule has 2 nitrogen and oxygen atoms in total. The topological polar surface area (TPSA) is 15.3 Å². The molecule has 0 unspecified atom stereocenters. The van der Waals surface area contributed by atoms with Crippen molar-refractivity contribution in [3.63, 3.8) is 0 Å². The first-order chi connectivity index (χ1) is 6.83. The maximum Gasteiger partial charge on any atom is 0.0107 e. The van der Waals surface area contributed by atoms with E-state index in [0.29, 0.717) is 0 Å². The highest BCUT2D eigenvalue weighted by atomic mass is 15.1. The molecule has 0 spiro atoms. The van der Waals surface area contributed by atoms with Crippen LogP contribution in [-0.4, -0.2) is 37.6 Å².